The molecule has 2 nitrogen and oxygen atoms in total. The van der Waals surface area contributed by atoms with E-state index in [1.165, 1.54) is 55.8 Å². The largest absolute Gasteiger partial charge is 0.355 e. The van der Waals surface area contributed by atoms with Crippen LogP contribution in [0.1, 0.15) is 37.7 Å². The van der Waals surface area contributed by atoms with E-state index in [2.05, 4.69) is 230 Å². The molecular formula is C56H48N2. The van der Waals surface area contributed by atoms with E-state index in [0.29, 0.717) is 5.92 Å². The van der Waals surface area contributed by atoms with Crippen LogP contribution in [0.15, 0.2) is 218 Å². The Labute approximate surface area is 343 Å². The summed E-state index contributed by atoms with van der Waals surface area (Å²) in [6, 6.07) is 65.6. The molecule has 1 aliphatic rings. The van der Waals surface area contributed by atoms with Crippen LogP contribution < -0.4 is 10.2 Å². The van der Waals surface area contributed by atoms with Crippen molar-refractivity contribution in [3.63, 3.8) is 0 Å². The molecule has 1 N–H and O–H groups in total. The predicted octanol–water partition coefficient (Wildman–Crippen LogP) is 16.1. The number of para-hydroxylation sites is 1. The molecule has 2 atom stereocenters. The molecule has 282 valence electrons. The fourth-order valence-corrected chi connectivity index (χ4v) is 8.64. The Morgan fingerprint density at radius 3 is 1.81 bits per heavy atom. The molecule has 0 bridgehead atoms. The molecule has 0 saturated carbocycles. The van der Waals surface area contributed by atoms with Crippen molar-refractivity contribution in [2.24, 2.45) is 5.92 Å². The van der Waals surface area contributed by atoms with Crippen molar-refractivity contribution in [3.8, 4) is 22.3 Å². The van der Waals surface area contributed by atoms with Crippen LogP contribution in [0.3, 0.4) is 0 Å². The normalized spacial score (nSPS) is 16.8. The van der Waals surface area contributed by atoms with Gasteiger partial charge in [-0.2, -0.15) is 0 Å². The maximum Gasteiger partial charge on any atom is 0.0462 e. The summed E-state index contributed by atoms with van der Waals surface area (Å²) >= 11 is 0. The number of hydrogen-bond acceptors (Lipinski definition) is 2. The van der Waals surface area contributed by atoms with Crippen molar-refractivity contribution in [2.45, 2.75) is 32.1 Å². The molecular weight excluding hydrogens is 701 g/mol. The molecule has 0 heterocycles. The minimum Gasteiger partial charge on any atom is -0.355 e. The number of allylic oxidation sites excluding steroid dienone is 5. The molecule has 2 unspecified atom stereocenters. The number of hydrogen-bond donors (Lipinski definition) is 1. The number of anilines is 5. The van der Waals surface area contributed by atoms with Gasteiger partial charge in [0.15, 0.2) is 0 Å². The van der Waals surface area contributed by atoms with Crippen molar-refractivity contribution < 1.29 is 0 Å². The van der Waals surface area contributed by atoms with Gasteiger partial charge in [0, 0.05) is 34.4 Å². The number of nitrogens with zero attached hydrogens (tertiary/aromatic N) is 1. The summed E-state index contributed by atoms with van der Waals surface area (Å²) < 4.78 is 0. The molecule has 0 saturated heterocycles. The second-order valence-electron chi connectivity index (χ2n) is 15.4. The Morgan fingerprint density at radius 1 is 0.517 bits per heavy atom. The van der Waals surface area contributed by atoms with Crippen molar-refractivity contribution in [1.82, 2.24) is 0 Å². The lowest BCUT2D eigenvalue weighted by molar-refractivity contribution is 0.624. The number of fused-ring (bicyclic) bond motifs is 2. The topological polar surface area (TPSA) is 15.3 Å². The third kappa shape index (κ3) is 7.62. The summed E-state index contributed by atoms with van der Waals surface area (Å²) in [4.78, 5) is 2.32. The molecule has 0 spiro atoms. The van der Waals surface area contributed by atoms with Crippen LogP contribution in [-0.4, -0.2) is 0 Å². The SMILES string of the molecule is C=C1/C=C\CCC/C=C\C(C)C1c1c(Nc2ccc(-c3ccc(N(c4ccccc4)c4ccc(-c5cccc6ccccc56)cc4)cc3)cc2)ccc2ccccc12. The first kappa shape index (κ1) is 36.7. The summed E-state index contributed by atoms with van der Waals surface area (Å²) in [5, 5.41) is 8.87. The molecule has 8 aromatic carbocycles. The maximum atomic E-state index is 4.62. The highest BCUT2D eigenvalue weighted by atomic mass is 15.1. The van der Waals surface area contributed by atoms with Gasteiger partial charge in [-0.1, -0.05) is 165 Å². The van der Waals surface area contributed by atoms with Gasteiger partial charge in [-0.05, 0) is 135 Å². The third-order valence-electron chi connectivity index (χ3n) is 11.6. The van der Waals surface area contributed by atoms with E-state index in [0.717, 1.165) is 46.9 Å². The van der Waals surface area contributed by atoms with Gasteiger partial charge in [0.1, 0.15) is 0 Å². The van der Waals surface area contributed by atoms with Gasteiger partial charge in [-0.25, -0.2) is 0 Å². The number of rotatable bonds is 8. The summed E-state index contributed by atoms with van der Waals surface area (Å²) in [6.07, 6.45) is 12.7. The molecule has 9 rings (SSSR count). The second kappa shape index (κ2) is 16.7. The highest BCUT2D eigenvalue weighted by Crippen LogP contribution is 2.43. The number of benzene rings is 8. The van der Waals surface area contributed by atoms with Gasteiger partial charge < -0.3 is 10.2 Å². The molecule has 0 aliphatic heterocycles. The fourth-order valence-electron chi connectivity index (χ4n) is 8.64. The maximum absolute atomic E-state index is 4.62. The molecule has 0 radical (unpaired) electrons. The van der Waals surface area contributed by atoms with E-state index in [-0.39, 0.29) is 5.92 Å². The van der Waals surface area contributed by atoms with Crippen LogP contribution in [0.2, 0.25) is 0 Å². The van der Waals surface area contributed by atoms with E-state index in [1.807, 2.05) is 0 Å². The average Bonchev–Trinajstić information content (AvgIpc) is 3.28. The van der Waals surface area contributed by atoms with Crippen LogP contribution in [0.5, 0.6) is 0 Å². The zero-order valence-electron chi connectivity index (χ0n) is 33.1. The van der Waals surface area contributed by atoms with Crippen LogP contribution in [-0.2, 0) is 0 Å². The smallest absolute Gasteiger partial charge is 0.0462 e. The zero-order valence-corrected chi connectivity index (χ0v) is 33.1. The second-order valence-corrected chi connectivity index (χ2v) is 15.4. The van der Waals surface area contributed by atoms with Gasteiger partial charge in [0.2, 0.25) is 0 Å². The minimum atomic E-state index is 0.148. The Hall–Kier alpha value is -6.90. The number of nitrogens with one attached hydrogen (secondary N) is 1. The predicted molar refractivity (Wildman–Crippen MR) is 250 cm³/mol. The first-order valence-electron chi connectivity index (χ1n) is 20.6. The van der Waals surface area contributed by atoms with Crippen LogP contribution >= 0.6 is 0 Å². The van der Waals surface area contributed by atoms with E-state index >= 15 is 0 Å². The van der Waals surface area contributed by atoms with Gasteiger partial charge in [0.05, 0.1) is 0 Å². The van der Waals surface area contributed by atoms with Crippen molar-refractivity contribution >= 4 is 50.0 Å². The van der Waals surface area contributed by atoms with Gasteiger partial charge in [-0.3, -0.25) is 0 Å². The van der Waals surface area contributed by atoms with Gasteiger partial charge in [-0.15, -0.1) is 0 Å². The van der Waals surface area contributed by atoms with E-state index in [1.54, 1.807) is 0 Å². The highest BCUT2D eigenvalue weighted by molar-refractivity contribution is 5.97. The molecule has 8 aromatic rings. The van der Waals surface area contributed by atoms with Crippen molar-refractivity contribution in [3.05, 3.63) is 224 Å². The Kier molecular flexibility index (Phi) is 10.6. The van der Waals surface area contributed by atoms with Crippen molar-refractivity contribution in [2.75, 3.05) is 10.2 Å². The van der Waals surface area contributed by atoms with Crippen LogP contribution in [0.25, 0.3) is 43.8 Å². The first-order valence-corrected chi connectivity index (χ1v) is 20.6. The summed E-state index contributed by atoms with van der Waals surface area (Å²) in [5.41, 5.74) is 12.8. The molecule has 0 aromatic heterocycles. The van der Waals surface area contributed by atoms with E-state index in [9.17, 15) is 0 Å². The lowest BCUT2D eigenvalue weighted by Gasteiger charge is -2.28. The molecule has 58 heavy (non-hydrogen) atoms. The van der Waals surface area contributed by atoms with Crippen molar-refractivity contribution in [1.29, 1.82) is 0 Å². The zero-order chi connectivity index (χ0) is 39.3. The first-order chi connectivity index (χ1) is 28.6. The molecule has 0 amide bonds. The Balaban J connectivity index is 0.992. The van der Waals surface area contributed by atoms with Gasteiger partial charge in [0.25, 0.3) is 0 Å². The molecule has 2 heteroatoms. The quantitative estimate of drug-likeness (QED) is 0.156. The lowest BCUT2D eigenvalue weighted by atomic mass is 9.78. The average molecular weight is 749 g/mol. The fraction of sp³-hybridized carbons (Fsp3) is 0.107. The van der Waals surface area contributed by atoms with Crippen LogP contribution in [0.4, 0.5) is 28.4 Å². The Bertz CT molecular complexity index is 2730. The summed E-state index contributed by atoms with van der Waals surface area (Å²) in [6.45, 7) is 6.95. The molecule has 1 aliphatic carbocycles. The third-order valence-corrected chi connectivity index (χ3v) is 11.6. The standard InChI is InChI=1S/C56H48N2/c1-40-16-7-4-3-5-8-17-41(2)55(40)56-53-24-14-12-19-45(53)32-39-54(56)57-47-33-26-42(27-34-47)43-28-35-49(36-29-43)58(48-21-9-6-10-22-48)50-37-30-46(31-38-50)52-25-15-20-44-18-11-13-23-51(44)52/h6-39,41,55,57H,1,3-5H2,2H3/b16-7-,17-8-. The monoisotopic (exact) mass is 748 g/mol. The highest BCUT2D eigenvalue weighted by Gasteiger charge is 2.25. The van der Waals surface area contributed by atoms with Crippen LogP contribution in [0, 0.1) is 5.92 Å². The van der Waals surface area contributed by atoms with Gasteiger partial charge >= 0.3 is 0 Å². The summed E-state index contributed by atoms with van der Waals surface area (Å²) in [5.74, 6) is 0.453. The summed E-state index contributed by atoms with van der Waals surface area (Å²) in [7, 11) is 0. The van der Waals surface area contributed by atoms with E-state index in [4.69, 9.17) is 0 Å². The molecule has 0 fully saturated rings. The lowest BCUT2D eigenvalue weighted by Crippen LogP contribution is -2.13. The minimum absolute atomic E-state index is 0.148. The Morgan fingerprint density at radius 2 is 1.09 bits per heavy atom. The van der Waals surface area contributed by atoms with E-state index < -0.39 is 0 Å².